The van der Waals surface area contributed by atoms with E-state index in [2.05, 4.69) is 10.6 Å². The van der Waals surface area contributed by atoms with Gasteiger partial charge in [-0.25, -0.2) is 0 Å². The summed E-state index contributed by atoms with van der Waals surface area (Å²) in [6.45, 7) is 11.6. The molecule has 4 atom stereocenters. The zero-order valence-electron chi connectivity index (χ0n) is 24.0. The van der Waals surface area contributed by atoms with Gasteiger partial charge in [-0.05, 0) is 93.6 Å². The number of anilines is 2. The van der Waals surface area contributed by atoms with E-state index in [-0.39, 0.29) is 6.42 Å². The van der Waals surface area contributed by atoms with Gasteiger partial charge >= 0.3 is 0 Å². The Hall–Kier alpha value is -3.97. The van der Waals surface area contributed by atoms with Gasteiger partial charge in [-0.15, -0.1) is 0 Å². The van der Waals surface area contributed by atoms with Crippen molar-refractivity contribution in [3.8, 4) is 5.75 Å². The molecule has 2 amide bonds. The summed E-state index contributed by atoms with van der Waals surface area (Å²) >= 11 is 0. The van der Waals surface area contributed by atoms with Crippen molar-refractivity contribution in [1.82, 2.24) is 0 Å². The third-order valence-corrected chi connectivity index (χ3v) is 8.13. The molecule has 0 spiro atoms. The summed E-state index contributed by atoms with van der Waals surface area (Å²) in [5, 5.41) is 17.5. The molecular weight excluding hydrogens is 504 g/mol. The molecular formula is C33H38N2O5. The van der Waals surface area contributed by atoms with Crippen molar-refractivity contribution in [2.45, 2.75) is 59.5 Å². The minimum atomic E-state index is -1.68. The van der Waals surface area contributed by atoms with Crippen LogP contribution >= 0.6 is 0 Å². The molecule has 0 aliphatic heterocycles. The fourth-order valence-corrected chi connectivity index (χ4v) is 5.64. The van der Waals surface area contributed by atoms with Crippen molar-refractivity contribution in [3.63, 3.8) is 0 Å². The first kappa shape index (κ1) is 29.0. The van der Waals surface area contributed by atoms with Crippen molar-refractivity contribution in [3.05, 3.63) is 88.5 Å². The number of rotatable bonds is 7. The lowest BCUT2D eigenvalue weighted by atomic mass is 9.61. The minimum absolute atomic E-state index is 0.323. The van der Waals surface area contributed by atoms with E-state index in [1.54, 1.807) is 36.4 Å². The van der Waals surface area contributed by atoms with E-state index in [1.807, 2.05) is 58.9 Å². The molecule has 1 aliphatic rings. The van der Waals surface area contributed by atoms with Crippen LogP contribution in [0, 0.1) is 39.5 Å². The normalized spacial score (nSPS) is 22.5. The maximum absolute atomic E-state index is 14.0. The molecule has 40 heavy (non-hydrogen) atoms. The molecule has 210 valence electrons. The van der Waals surface area contributed by atoms with Gasteiger partial charge < -0.3 is 20.5 Å². The van der Waals surface area contributed by atoms with E-state index in [1.165, 1.54) is 6.92 Å². The van der Waals surface area contributed by atoms with E-state index in [4.69, 9.17) is 4.74 Å². The maximum atomic E-state index is 14.0. The zero-order valence-corrected chi connectivity index (χ0v) is 24.0. The number of aliphatic hydroxyl groups is 1. The third kappa shape index (κ3) is 5.80. The van der Waals surface area contributed by atoms with Gasteiger partial charge in [-0.1, -0.05) is 36.4 Å². The van der Waals surface area contributed by atoms with Gasteiger partial charge in [0.2, 0.25) is 11.8 Å². The lowest BCUT2D eigenvalue weighted by molar-refractivity contribution is -0.150. The number of carbonyl (C=O) groups is 3. The molecule has 7 nitrogen and oxygen atoms in total. The summed E-state index contributed by atoms with van der Waals surface area (Å²) in [6.07, 6.45) is -0.323. The summed E-state index contributed by atoms with van der Waals surface area (Å²) in [7, 11) is 0. The number of amides is 2. The third-order valence-electron chi connectivity index (χ3n) is 8.13. The molecule has 0 aromatic heterocycles. The van der Waals surface area contributed by atoms with Crippen LogP contribution in [0.1, 0.15) is 54.0 Å². The van der Waals surface area contributed by atoms with Gasteiger partial charge in [0.1, 0.15) is 17.5 Å². The van der Waals surface area contributed by atoms with Crippen molar-refractivity contribution >= 4 is 29.0 Å². The zero-order chi connectivity index (χ0) is 29.2. The molecule has 3 N–H and O–H groups in total. The number of ketones is 1. The van der Waals surface area contributed by atoms with Crippen molar-refractivity contribution in [1.29, 1.82) is 0 Å². The molecule has 0 bridgehead atoms. The molecule has 7 heteroatoms. The molecule has 0 saturated heterocycles. The maximum Gasteiger partial charge on any atom is 0.235 e. The summed E-state index contributed by atoms with van der Waals surface area (Å²) in [5.74, 6) is -3.92. The quantitative estimate of drug-likeness (QED) is 0.336. The second-order valence-electron chi connectivity index (χ2n) is 11.0. The summed E-state index contributed by atoms with van der Waals surface area (Å²) < 4.78 is 5.59. The van der Waals surface area contributed by atoms with Crippen LogP contribution in [0.2, 0.25) is 0 Å². The number of carbonyl (C=O) groups excluding carboxylic acids is 3. The Morgan fingerprint density at radius 3 is 1.93 bits per heavy atom. The molecule has 1 fully saturated rings. The van der Waals surface area contributed by atoms with Gasteiger partial charge in [0.25, 0.3) is 0 Å². The number of aryl methyl sites for hydroxylation is 2. The molecule has 3 aromatic carbocycles. The van der Waals surface area contributed by atoms with Gasteiger partial charge in [0.15, 0.2) is 0 Å². The van der Waals surface area contributed by atoms with Crippen molar-refractivity contribution < 1.29 is 24.2 Å². The Bertz CT molecular complexity index is 1430. The summed E-state index contributed by atoms with van der Waals surface area (Å²) in [6, 6.07) is 18.2. The van der Waals surface area contributed by atoms with Crippen LogP contribution in [0.4, 0.5) is 11.4 Å². The average Bonchev–Trinajstić information content (AvgIpc) is 2.89. The lowest BCUT2D eigenvalue weighted by Crippen LogP contribution is -2.56. The van der Waals surface area contributed by atoms with E-state index in [0.29, 0.717) is 29.3 Å². The van der Waals surface area contributed by atoms with Crippen LogP contribution in [0.15, 0.2) is 60.7 Å². The second-order valence-corrected chi connectivity index (χ2v) is 11.0. The van der Waals surface area contributed by atoms with E-state index < -0.39 is 41.0 Å². The van der Waals surface area contributed by atoms with Crippen molar-refractivity contribution in [2.24, 2.45) is 11.8 Å². The fourth-order valence-electron chi connectivity index (χ4n) is 5.64. The smallest absolute Gasteiger partial charge is 0.235 e. The fraction of sp³-hybridized carbons (Fsp3) is 0.364. The van der Waals surface area contributed by atoms with Crippen LogP contribution in [-0.2, 0) is 14.4 Å². The minimum Gasteiger partial charge on any atom is -0.494 e. The monoisotopic (exact) mass is 542 g/mol. The van der Waals surface area contributed by atoms with E-state index >= 15 is 0 Å². The first-order valence-electron chi connectivity index (χ1n) is 13.7. The van der Waals surface area contributed by atoms with E-state index in [0.717, 1.165) is 22.3 Å². The van der Waals surface area contributed by atoms with Gasteiger partial charge in [0, 0.05) is 23.7 Å². The van der Waals surface area contributed by atoms with Crippen LogP contribution in [0.5, 0.6) is 5.75 Å². The molecule has 0 radical (unpaired) electrons. The highest BCUT2D eigenvalue weighted by Crippen LogP contribution is 2.47. The Morgan fingerprint density at radius 1 is 0.875 bits per heavy atom. The number of nitrogens with one attached hydrogen (secondary N) is 2. The molecule has 1 saturated carbocycles. The largest absolute Gasteiger partial charge is 0.494 e. The Morgan fingerprint density at radius 2 is 1.40 bits per heavy atom. The van der Waals surface area contributed by atoms with Crippen molar-refractivity contribution in [2.75, 3.05) is 17.2 Å². The first-order chi connectivity index (χ1) is 18.9. The molecule has 0 heterocycles. The number of hydrogen-bond acceptors (Lipinski definition) is 5. The highest BCUT2D eigenvalue weighted by molar-refractivity contribution is 6.10. The molecule has 4 unspecified atom stereocenters. The number of Topliss-reactive ketones (excluding diaryl/α,β-unsaturated/α-hetero) is 1. The molecule has 3 aromatic rings. The van der Waals surface area contributed by atoms with Gasteiger partial charge in [-0.2, -0.15) is 0 Å². The standard InChI is InChI=1S/C33H38N2O5/c1-7-40-24-16-14-23(15-17-24)28-29(31(37)34-25-12-8-10-19(2)21(25)4)27(36)18-33(6,39)30(28)32(38)35-26-13-9-11-20(3)22(26)5/h8-17,28-30,39H,7,18H2,1-6H3,(H,34,37)(H,35,38). The van der Waals surface area contributed by atoms with Crippen LogP contribution < -0.4 is 15.4 Å². The average molecular weight is 543 g/mol. The number of ether oxygens (including phenoxy) is 1. The summed E-state index contributed by atoms with van der Waals surface area (Å²) in [4.78, 5) is 41.4. The number of hydrogen-bond donors (Lipinski definition) is 3. The molecule has 1 aliphatic carbocycles. The van der Waals surface area contributed by atoms with Gasteiger partial charge in [-0.3, -0.25) is 14.4 Å². The van der Waals surface area contributed by atoms with Crippen LogP contribution in [-0.4, -0.2) is 34.9 Å². The topological polar surface area (TPSA) is 105 Å². The summed E-state index contributed by atoms with van der Waals surface area (Å²) in [5.41, 5.74) is 3.97. The number of benzene rings is 3. The Balaban J connectivity index is 1.79. The Labute approximate surface area is 236 Å². The second kappa shape index (κ2) is 11.6. The lowest BCUT2D eigenvalue weighted by Gasteiger charge is -2.44. The van der Waals surface area contributed by atoms with Crippen LogP contribution in [0.3, 0.4) is 0 Å². The highest BCUT2D eigenvalue weighted by atomic mass is 16.5. The highest BCUT2D eigenvalue weighted by Gasteiger charge is 2.56. The Kier molecular flexibility index (Phi) is 8.45. The predicted octanol–water partition coefficient (Wildman–Crippen LogP) is 5.64. The van der Waals surface area contributed by atoms with Crippen LogP contribution in [0.25, 0.3) is 0 Å². The first-order valence-corrected chi connectivity index (χ1v) is 13.7. The SMILES string of the molecule is CCOc1ccc(C2C(C(=O)Nc3cccc(C)c3C)C(=O)CC(C)(O)C2C(=O)Nc2cccc(C)c2C)cc1. The molecule has 4 rings (SSSR count). The van der Waals surface area contributed by atoms with E-state index in [9.17, 15) is 19.5 Å². The van der Waals surface area contributed by atoms with Gasteiger partial charge in [0.05, 0.1) is 18.1 Å². The predicted molar refractivity (Wildman–Crippen MR) is 157 cm³/mol.